The first-order chi connectivity index (χ1) is 8.10. The lowest BCUT2D eigenvalue weighted by Gasteiger charge is -2.13. The second kappa shape index (κ2) is 5.23. The predicted octanol–water partition coefficient (Wildman–Crippen LogP) is 3.95. The number of ether oxygens (including phenoxy) is 1. The molecule has 1 aromatic rings. The minimum absolute atomic E-state index is 0.308. The lowest BCUT2D eigenvalue weighted by molar-refractivity contribution is 0.410. The lowest BCUT2D eigenvalue weighted by atomic mass is 9.94. The van der Waals surface area contributed by atoms with Crippen LogP contribution in [0, 0.1) is 18.3 Å². The summed E-state index contributed by atoms with van der Waals surface area (Å²) in [5.74, 6) is 0.713. The van der Waals surface area contributed by atoms with Crippen LogP contribution in [0.5, 0.6) is 5.75 Å². The van der Waals surface area contributed by atoms with E-state index >= 15 is 0 Å². The molecule has 1 saturated carbocycles. The molecule has 1 fully saturated rings. The largest absolute Gasteiger partial charge is 0.495 e. The number of nitrogens with zero attached hydrogens (tertiary/aromatic N) is 1. The zero-order valence-corrected chi connectivity index (χ0v) is 11.4. The fourth-order valence-electron chi connectivity index (χ4n) is 1.95. The third kappa shape index (κ3) is 2.61. The van der Waals surface area contributed by atoms with E-state index in [1.54, 1.807) is 7.11 Å². The highest BCUT2D eigenvalue weighted by Crippen LogP contribution is 2.48. The SMILES string of the molecule is CC.COc1c(C)cc(C2(C)CC2)cc1C#N. The highest BCUT2D eigenvalue weighted by atomic mass is 16.5. The van der Waals surface area contributed by atoms with Crippen LogP contribution in [0.2, 0.25) is 0 Å². The lowest BCUT2D eigenvalue weighted by Crippen LogP contribution is -2.02. The summed E-state index contributed by atoms with van der Waals surface area (Å²) in [7, 11) is 1.61. The van der Waals surface area contributed by atoms with Gasteiger partial charge in [-0.1, -0.05) is 26.8 Å². The van der Waals surface area contributed by atoms with Gasteiger partial charge in [0, 0.05) is 0 Å². The van der Waals surface area contributed by atoms with Crippen LogP contribution < -0.4 is 4.74 Å². The van der Waals surface area contributed by atoms with Gasteiger partial charge in [-0.15, -0.1) is 0 Å². The molecule has 2 heteroatoms. The number of nitriles is 1. The highest BCUT2D eigenvalue weighted by molar-refractivity contribution is 5.52. The third-order valence-corrected chi connectivity index (χ3v) is 3.30. The van der Waals surface area contributed by atoms with Gasteiger partial charge >= 0.3 is 0 Å². The van der Waals surface area contributed by atoms with Gasteiger partial charge in [0.2, 0.25) is 0 Å². The molecule has 0 bridgehead atoms. The quantitative estimate of drug-likeness (QED) is 0.772. The van der Waals surface area contributed by atoms with Crippen molar-refractivity contribution in [2.24, 2.45) is 0 Å². The van der Waals surface area contributed by atoms with Gasteiger partial charge in [0.1, 0.15) is 11.8 Å². The minimum Gasteiger partial charge on any atom is -0.495 e. The summed E-state index contributed by atoms with van der Waals surface area (Å²) in [5.41, 5.74) is 3.29. The molecule has 0 amide bonds. The maximum Gasteiger partial charge on any atom is 0.139 e. The average molecular weight is 231 g/mol. The molecule has 0 N–H and O–H groups in total. The molecule has 1 aliphatic rings. The Morgan fingerprint density at radius 1 is 1.29 bits per heavy atom. The molecular formula is C15H21NO. The van der Waals surface area contributed by atoms with Crippen LogP contribution >= 0.6 is 0 Å². The van der Waals surface area contributed by atoms with Crippen molar-refractivity contribution < 1.29 is 4.74 Å². The van der Waals surface area contributed by atoms with E-state index in [1.807, 2.05) is 26.8 Å². The van der Waals surface area contributed by atoms with E-state index in [4.69, 9.17) is 10.00 Å². The van der Waals surface area contributed by atoms with E-state index in [2.05, 4.69) is 19.1 Å². The monoisotopic (exact) mass is 231 g/mol. The summed E-state index contributed by atoms with van der Waals surface area (Å²) in [5, 5.41) is 9.05. The standard InChI is InChI=1S/C13H15NO.C2H6/c1-9-6-11(13(2)4-5-13)7-10(8-14)12(9)15-3;1-2/h6-7H,4-5H2,1-3H3;1-2H3. The molecule has 0 spiro atoms. The molecule has 1 aliphatic carbocycles. The summed E-state index contributed by atoms with van der Waals surface area (Å²) in [6, 6.07) is 6.32. The molecule has 0 unspecified atom stereocenters. The van der Waals surface area contributed by atoms with Gasteiger partial charge < -0.3 is 4.74 Å². The van der Waals surface area contributed by atoms with Gasteiger partial charge in [0.25, 0.3) is 0 Å². The normalized spacial score (nSPS) is 15.3. The molecular weight excluding hydrogens is 210 g/mol. The van der Waals surface area contributed by atoms with Crippen molar-refractivity contribution in [1.29, 1.82) is 5.26 Å². The molecule has 92 valence electrons. The van der Waals surface area contributed by atoms with Crippen LogP contribution in [0.15, 0.2) is 12.1 Å². The number of methoxy groups -OCH3 is 1. The first-order valence-corrected chi connectivity index (χ1v) is 6.20. The topological polar surface area (TPSA) is 33.0 Å². The first-order valence-electron chi connectivity index (χ1n) is 6.20. The van der Waals surface area contributed by atoms with Crippen molar-refractivity contribution in [2.45, 2.75) is 46.0 Å². The van der Waals surface area contributed by atoms with Crippen molar-refractivity contribution in [3.05, 3.63) is 28.8 Å². The molecule has 0 saturated heterocycles. The Morgan fingerprint density at radius 3 is 2.29 bits per heavy atom. The Labute approximate surface area is 104 Å². The number of hydrogen-bond acceptors (Lipinski definition) is 2. The highest BCUT2D eigenvalue weighted by Gasteiger charge is 2.39. The van der Waals surface area contributed by atoms with Crippen molar-refractivity contribution in [1.82, 2.24) is 0 Å². The molecule has 0 heterocycles. The molecule has 0 radical (unpaired) electrons. The fourth-order valence-corrected chi connectivity index (χ4v) is 1.95. The summed E-state index contributed by atoms with van der Waals surface area (Å²) in [6.07, 6.45) is 2.45. The van der Waals surface area contributed by atoms with E-state index in [1.165, 1.54) is 18.4 Å². The Balaban J connectivity index is 0.000000686. The fraction of sp³-hybridized carbons (Fsp3) is 0.533. The van der Waals surface area contributed by atoms with Crippen molar-refractivity contribution >= 4 is 0 Å². The zero-order chi connectivity index (χ0) is 13.1. The zero-order valence-electron chi connectivity index (χ0n) is 11.4. The maximum absolute atomic E-state index is 9.05. The summed E-state index contributed by atoms with van der Waals surface area (Å²) in [6.45, 7) is 8.24. The molecule has 0 aromatic heterocycles. The second-order valence-electron chi connectivity index (χ2n) is 4.55. The van der Waals surface area contributed by atoms with Gasteiger partial charge in [0.05, 0.1) is 12.7 Å². The van der Waals surface area contributed by atoms with Crippen LogP contribution in [0.3, 0.4) is 0 Å². The minimum atomic E-state index is 0.308. The Bertz CT molecular complexity index is 439. The summed E-state index contributed by atoms with van der Waals surface area (Å²) >= 11 is 0. The molecule has 17 heavy (non-hydrogen) atoms. The summed E-state index contributed by atoms with van der Waals surface area (Å²) < 4.78 is 5.23. The summed E-state index contributed by atoms with van der Waals surface area (Å²) in [4.78, 5) is 0. The van der Waals surface area contributed by atoms with Crippen LogP contribution in [0.1, 0.15) is 50.3 Å². The molecule has 2 rings (SSSR count). The van der Waals surface area contributed by atoms with Gasteiger partial charge in [-0.3, -0.25) is 0 Å². The average Bonchev–Trinajstić information content (AvgIpc) is 3.10. The predicted molar refractivity (Wildman–Crippen MR) is 70.4 cm³/mol. The van der Waals surface area contributed by atoms with Crippen molar-refractivity contribution in [3.63, 3.8) is 0 Å². The first kappa shape index (κ1) is 13.6. The number of rotatable bonds is 2. The van der Waals surface area contributed by atoms with Crippen LogP contribution in [0.25, 0.3) is 0 Å². The van der Waals surface area contributed by atoms with E-state index in [-0.39, 0.29) is 0 Å². The van der Waals surface area contributed by atoms with E-state index in [9.17, 15) is 0 Å². The Kier molecular flexibility index (Phi) is 4.17. The Hall–Kier alpha value is -1.49. The number of benzene rings is 1. The van der Waals surface area contributed by atoms with Crippen LogP contribution in [-0.4, -0.2) is 7.11 Å². The molecule has 0 aliphatic heterocycles. The van der Waals surface area contributed by atoms with Gasteiger partial charge in [0.15, 0.2) is 0 Å². The van der Waals surface area contributed by atoms with Crippen molar-refractivity contribution in [3.8, 4) is 11.8 Å². The van der Waals surface area contributed by atoms with Gasteiger partial charge in [-0.05, 0) is 42.4 Å². The van der Waals surface area contributed by atoms with E-state index in [0.717, 1.165) is 5.56 Å². The molecule has 0 atom stereocenters. The van der Waals surface area contributed by atoms with Crippen molar-refractivity contribution in [2.75, 3.05) is 7.11 Å². The number of hydrogen-bond donors (Lipinski definition) is 0. The van der Waals surface area contributed by atoms with E-state index < -0.39 is 0 Å². The van der Waals surface area contributed by atoms with E-state index in [0.29, 0.717) is 16.7 Å². The van der Waals surface area contributed by atoms with Gasteiger partial charge in [-0.25, -0.2) is 0 Å². The Morgan fingerprint density at radius 2 is 1.88 bits per heavy atom. The second-order valence-corrected chi connectivity index (χ2v) is 4.55. The number of aryl methyl sites for hydroxylation is 1. The molecule has 2 nitrogen and oxygen atoms in total. The smallest absolute Gasteiger partial charge is 0.139 e. The molecule has 1 aromatic carbocycles. The van der Waals surface area contributed by atoms with Crippen LogP contribution in [-0.2, 0) is 5.41 Å². The maximum atomic E-state index is 9.05. The third-order valence-electron chi connectivity index (χ3n) is 3.30. The van der Waals surface area contributed by atoms with Crippen LogP contribution in [0.4, 0.5) is 0 Å². The van der Waals surface area contributed by atoms with Gasteiger partial charge in [-0.2, -0.15) is 5.26 Å².